The summed E-state index contributed by atoms with van der Waals surface area (Å²) in [6.07, 6.45) is 1.50. The minimum atomic E-state index is -3.65. The van der Waals surface area contributed by atoms with Crippen LogP contribution in [0.2, 0.25) is 5.02 Å². The maximum atomic E-state index is 12.3. The van der Waals surface area contributed by atoms with E-state index < -0.39 is 10.0 Å². The number of hydrogen-bond acceptors (Lipinski definition) is 3. The van der Waals surface area contributed by atoms with E-state index in [4.69, 9.17) is 11.6 Å². The van der Waals surface area contributed by atoms with Gasteiger partial charge in [0.2, 0.25) is 0 Å². The first-order chi connectivity index (χ1) is 10.0. The Morgan fingerprint density at radius 3 is 2.48 bits per heavy atom. The fourth-order valence-corrected chi connectivity index (χ4v) is 3.11. The third kappa shape index (κ3) is 2.99. The van der Waals surface area contributed by atoms with Crippen molar-refractivity contribution >= 4 is 38.2 Å². The predicted molar refractivity (Wildman–Crippen MR) is 84.0 cm³/mol. The Labute approximate surface area is 127 Å². The Kier molecular flexibility index (Phi) is 3.53. The highest BCUT2D eigenvalue weighted by Crippen LogP contribution is 2.20. The lowest BCUT2D eigenvalue weighted by atomic mass is 10.2. The minimum Gasteiger partial charge on any atom is -0.278 e. The van der Waals surface area contributed by atoms with Crippen molar-refractivity contribution in [1.82, 2.24) is 4.98 Å². The standard InChI is InChI=1S/C15H11ClN2O2S/c16-12-5-7-14(8-6-12)21(19,20)18-13-9-11-3-1-2-4-15(11)17-10-13/h1-10,18H. The molecule has 21 heavy (non-hydrogen) atoms. The summed E-state index contributed by atoms with van der Waals surface area (Å²) < 4.78 is 27.0. The molecule has 0 spiro atoms. The van der Waals surface area contributed by atoms with Crippen molar-refractivity contribution < 1.29 is 8.42 Å². The molecule has 3 aromatic rings. The van der Waals surface area contributed by atoms with Crippen molar-refractivity contribution in [3.63, 3.8) is 0 Å². The molecule has 0 amide bonds. The van der Waals surface area contributed by atoms with Crippen LogP contribution in [0.1, 0.15) is 0 Å². The quantitative estimate of drug-likeness (QED) is 0.801. The minimum absolute atomic E-state index is 0.153. The van der Waals surface area contributed by atoms with Gasteiger partial charge in [-0.25, -0.2) is 8.42 Å². The Morgan fingerprint density at radius 2 is 1.71 bits per heavy atom. The fourth-order valence-electron chi connectivity index (χ4n) is 1.95. The molecule has 1 aromatic heterocycles. The molecule has 4 nitrogen and oxygen atoms in total. The van der Waals surface area contributed by atoms with Gasteiger partial charge in [-0.1, -0.05) is 29.8 Å². The largest absolute Gasteiger partial charge is 0.278 e. The zero-order chi connectivity index (χ0) is 14.9. The molecule has 0 radical (unpaired) electrons. The number of sulfonamides is 1. The molecule has 0 atom stereocenters. The number of aromatic nitrogens is 1. The number of rotatable bonds is 3. The van der Waals surface area contributed by atoms with E-state index in [1.54, 1.807) is 6.07 Å². The van der Waals surface area contributed by atoms with Gasteiger partial charge in [-0.05, 0) is 36.4 Å². The number of anilines is 1. The number of para-hydroxylation sites is 1. The van der Waals surface area contributed by atoms with Gasteiger partial charge in [0, 0.05) is 10.4 Å². The molecule has 0 bridgehead atoms. The lowest BCUT2D eigenvalue weighted by Gasteiger charge is -2.08. The van der Waals surface area contributed by atoms with Crippen LogP contribution in [0.4, 0.5) is 5.69 Å². The van der Waals surface area contributed by atoms with Gasteiger partial charge in [0.1, 0.15) is 0 Å². The number of nitrogens with one attached hydrogen (secondary N) is 1. The summed E-state index contributed by atoms with van der Waals surface area (Å²) in [6.45, 7) is 0. The number of pyridine rings is 1. The summed E-state index contributed by atoms with van der Waals surface area (Å²) in [5.74, 6) is 0. The number of halogens is 1. The summed E-state index contributed by atoms with van der Waals surface area (Å²) in [5.41, 5.74) is 1.23. The van der Waals surface area contributed by atoms with Gasteiger partial charge < -0.3 is 0 Å². The highest BCUT2D eigenvalue weighted by Gasteiger charge is 2.14. The van der Waals surface area contributed by atoms with E-state index in [2.05, 4.69) is 9.71 Å². The molecule has 3 rings (SSSR count). The van der Waals surface area contributed by atoms with E-state index in [0.29, 0.717) is 10.7 Å². The molecular formula is C15H11ClN2O2S. The van der Waals surface area contributed by atoms with E-state index in [0.717, 1.165) is 10.9 Å². The van der Waals surface area contributed by atoms with E-state index in [9.17, 15) is 8.42 Å². The van der Waals surface area contributed by atoms with Crippen molar-refractivity contribution in [3.05, 3.63) is 65.8 Å². The van der Waals surface area contributed by atoms with Gasteiger partial charge in [-0.2, -0.15) is 0 Å². The third-order valence-electron chi connectivity index (χ3n) is 2.97. The summed E-state index contributed by atoms with van der Waals surface area (Å²) in [7, 11) is -3.65. The second kappa shape index (κ2) is 5.35. The second-order valence-corrected chi connectivity index (χ2v) is 6.59. The highest BCUT2D eigenvalue weighted by atomic mass is 35.5. The van der Waals surface area contributed by atoms with Gasteiger partial charge in [-0.15, -0.1) is 0 Å². The van der Waals surface area contributed by atoms with Crippen LogP contribution in [-0.4, -0.2) is 13.4 Å². The Morgan fingerprint density at radius 1 is 1.00 bits per heavy atom. The molecule has 0 aliphatic carbocycles. The van der Waals surface area contributed by atoms with Crippen molar-refractivity contribution in [1.29, 1.82) is 0 Å². The van der Waals surface area contributed by atoms with Crippen molar-refractivity contribution in [3.8, 4) is 0 Å². The van der Waals surface area contributed by atoms with Gasteiger partial charge in [-0.3, -0.25) is 9.71 Å². The Hall–Kier alpha value is -2.11. The van der Waals surface area contributed by atoms with E-state index >= 15 is 0 Å². The van der Waals surface area contributed by atoms with Crippen LogP contribution in [-0.2, 0) is 10.0 Å². The molecular weight excluding hydrogens is 308 g/mol. The van der Waals surface area contributed by atoms with Crippen LogP contribution in [0.5, 0.6) is 0 Å². The molecule has 1 N–H and O–H groups in total. The SMILES string of the molecule is O=S(=O)(Nc1cnc2ccccc2c1)c1ccc(Cl)cc1. The van der Waals surface area contributed by atoms with Crippen molar-refractivity contribution in [2.45, 2.75) is 4.90 Å². The van der Waals surface area contributed by atoms with Crippen LogP contribution >= 0.6 is 11.6 Å². The first-order valence-electron chi connectivity index (χ1n) is 6.18. The fraction of sp³-hybridized carbons (Fsp3) is 0. The summed E-state index contributed by atoms with van der Waals surface area (Å²) in [5, 5.41) is 1.36. The Bertz CT molecular complexity index is 893. The predicted octanol–water partition coefficient (Wildman–Crippen LogP) is 3.69. The van der Waals surface area contributed by atoms with Gasteiger partial charge in [0.05, 0.1) is 22.3 Å². The first-order valence-corrected chi connectivity index (χ1v) is 8.04. The smallest absolute Gasteiger partial charge is 0.261 e. The summed E-state index contributed by atoms with van der Waals surface area (Å²) in [6, 6.07) is 15.2. The summed E-state index contributed by atoms with van der Waals surface area (Å²) >= 11 is 5.76. The molecule has 1 heterocycles. The average molecular weight is 319 g/mol. The normalized spacial score (nSPS) is 11.5. The first kappa shape index (κ1) is 13.9. The monoisotopic (exact) mass is 318 g/mol. The van der Waals surface area contributed by atoms with Crippen LogP contribution in [0.15, 0.2) is 65.7 Å². The third-order valence-corrected chi connectivity index (χ3v) is 4.62. The lowest BCUT2D eigenvalue weighted by molar-refractivity contribution is 0.601. The van der Waals surface area contributed by atoms with Gasteiger partial charge in [0.25, 0.3) is 10.0 Å². The molecule has 0 saturated heterocycles. The molecule has 0 saturated carbocycles. The average Bonchev–Trinajstić information content (AvgIpc) is 2.47. The van der Waals surface area contributed by atoms with Crippen LogP contribution in [0.3, 0.4) is 0 Å². The molecule has 2 aromatic carbocycles. The molecule has 0 aliphatic rings. The maximum absolute atomic E-state index is 12.3. The number of fused-ring (bicyclic) bond motifs is 1. The molecule has 6 heteroatoms. The van der Waals surface area contributed by atoms with Crippen LogP contribution in [0, 0.1) is 0 Å². The van der Waals surface area contributed by atoms with E-state index in [1.165, 1.54) is 30.5 Å². The molecule has 0 fully saturated rings. The van der Waals surface area contributed by atoms with Crippen molar-refractivity contribution in [2.24, 2.45) is 0 Å². The zero-order valence-electron chi connectivity index (χ0n) is 10.8. The number of benzene rings is 2. The number of hydrogen-bond donors (Lipinski definition) is 1. The number of nitrogens with zero attached hydrogens (tertiary/aromatic N) is 1. The molecule has 0 unspecified atom stereocenters. The molecule has 106 valence electrons. The zero-order valence-corrected chi connectivity index (χ0v) is 12.4. The molecule has 0 aliphatic heterocycles. The lowest BCUT2D eigenvalue weighted by Crippen LogP contribution is -2.12. The summed E-state index contributed by atoms with van der Waals surface area (Å²) in [4.78, 5) is 4.38. The van der Waals surface area contributed by atoms with Crippen LogP contribution < -0.4 is 4.72 Å². The Balaban J connectivity index is 1.95. The van der Waals surface area contributed by atoms with Crippen molar-refractivity contribution in [2.75, 3.05) is 4.72 Å². The van der Waals surface area contributed by atoms with Crippen LogP contribution in [0.25, 0.3) is 10.9 Å². The topological polar surface area (TPSA) is 59.1 Å². The van der Waals surface area contributed by atoms with Gasteiger partial charge >= 0.3 is 0 Å². The van der Waals surface area contributed by atoms with E-state index in [1.807, 2.05) is 24.3 Å². The second-order valence-electron chi connectivity index (χ2n) is 4.48. The van der Waals surface area contributed by atoms with Gasteiger partial charge in [0.15, 0.2) is 0 Å². The van der Waals surface area contributed by atoms with E-state index in [-0.39, 0.29) is 4.90 Å². The maximum Gasteiger partial charge on any atom is 0.261 e. The highest BCUT2D eigenvalue weighted by molar-refractivity contribution is 7.92.